The Balaban J connectivity index is 1.50. The van der Waals surface area contributed by atoms with Crippen molar-refractivity contribution in [2.75, 3.05) is 13.1 Å². The van der Waals surface area contributed by atoms with Crippen LogP contribution in [0.4, 0.5) is 0 Å². The van der Waals surface area contributed by atoms with Gasteiger partial charge in [0.25, 0.3) is 0 Å². The van der Waals surface area contributed by atoms with E-state index in [0.717, 1.165) is 31.3 Å². The van der Waals surface area contributed by atoms with Gasteiger partial charge in [0.1, 0.15) is 0 Å². The van der Waals surface area contributed by atoms with Gasteiger partial charge in [-0.05, 0) is 42.5 Å². The molecule has 2 nitrogen and oxygen atoms in total. The van der Waals surface area contributed by atoms with Crippen molar-refractivity contribution < 1.29 is 4.79 Å². The predicted molar refractivity (Wildman–Crippen MR) is 70.1 cm³/mol. The molecule has 2 heterocycles. The second kappa shape index (κ2) is 4.81. The lowest BCUT2D eigenvalue weighted by Gasteiger charge is -2.16. The molecule has 1 saturated heterocycles. The van der Waals surface area contributed by atoms with E-state index in [4.69, 9.17) is 0 Å². The normalized spacial score (nSPS) is 27.4. The first-order valence-electron chi connectivity index (χ1n) is 6.63. The lowest BCUT2D eigenvalue weighted by atomic mass is 10.0. The Kier molecular flexibility index (Phi) is 3.19. The van der Waals surface area contributed by atoms with E-state index in [0.29, 0.717) is 12.3 Å². The van der Waals surface area contributed by atoms with Crippen molar-refractivity contribution >= 4 is 17.2 Å². The Hall–Kier alpha value is -0.830. The van der Waals surface area contributed by atoms with Gasteiger partial charge in [0, 0.05) is 24.4 Å². The average molecular weight is 249 g/mol. The summed E-state index contributed by atoms with van der Waals surface area (Å²) in [6.07, 6.45) is 5.69. The minimum absolute atomic E-state index is 0.368. The predicted octanol–water partition coefficient (Wildman–Crippen LogP) is 2.94. The minimum Gasteiger partial charge on any atom is -0.342 e. The van der Waals surface area contributed by atoms with E-state index in [2.05, 4.69) is 22.4 Å². The van der Waals surface area contributed by atoms with E-state index in [-0.39, 0.29) is 0 Å². The largest absolute Gasteiger partial charge is 0.342 e. The topological polar surface area (TPSA) is 20.3 Å². The third kappa shape index (κ3) is 2.39. The quantitative estimate of drug-likeness (QED) is 0.806. The number of hydrogen-bond donors (Lipinski definition) is 0. The van der Waals surface area contributed by atoms with E-state index < -0.39 is 0 Å². The van der Waals surface area contributed by atoms with Crippen LogP contribution < -0.4 is 0 Å². The van der Waals surface area contributed by atoms with Crippen LogP contribution in [0.15, 0.2) is 17.5 Å². The molecule has 1 saturated carbocycles. The molecule has 1 aromatic rings. The van der Waals surface area contributed by atoms with Gasteiger partial charge in [0.15, 0.2) is 0 Å². The summed E-state index contributed by atoms with van der Waals surface area (Å²) in [6, 6.07) is 4.18. The van der Waals surface area contributed by atoms with Crippen molar-refractivity contribution in [3.8, 4) is 0 Å². The van der Waals surface area contributed by atoms with Crippen LogP contribution in [-0.4, -0.2) is 23.9 Å². The van der Waals surface area contributed by atoms with Crippen LogP contribution in [-0.2, 0) is 11.2 Å². The van der Waals surface area contributed by atoms with Crippen LogP contribution in [0, 0.1) is 11.8 Å². The molecule has 1 amide bonds. The maximum absolute atomic E-state index is 12.1. The van der Waals surface area contributed by atoms with Crippen molar-refractivity contribution in [2.24, 2.45) is 11.8 Å². The summed E-state index contributed by atoms with van der Waals surface area (Å²) in [6.45, 7) is 2.07. The molecular formula is C14H19NOS. The molecule has 1 aliphatic carbocycles. The van der Waals surface area contributed by atoms with E-state index >= 15 is 0 Å². The van der Waals surface area contributed by atoms with Crippen LogP contribution in [0.1, 0.15) is 30.6 Å². The standard InChI is InChI=1S/C14H19NOS/c16-14(7-6-13-5-2-8-17-13)15-9-11-3-1-4-12(11)10-15/h2,5,8,11-12H,1,3-4,6-7,9-10H2. The second-order valence-electron chi connectivity index (χ2n) is 5.33. The monoisotopic (exact) mass is 249 g/mol. The van der Waals surface area contributed by atoms with Gasteiger partial charge in [-0.1, -0.05) is 12.5 Å². The number of hydrogen-bond acceptors (Lipinski definition) is 2. The van der Waals surface area contributed by atoms with Gasteiger partial charge in [-0.25, -0.2) is 0 Å². The van der Waals surface area contributed by atoms with E-state index in [1.165, 1.54) is 24.1 Å². The SMILES string of the molecule is O=C(CCc1cccs1)N1CC2CCCC2C1. The number of rotatable bonds is 3. The summed E-state index contributed by atoms with van der Waals surface area (Å²) in [5, 5.41) is 2.08. The first kappa shape index (κ1) is 11.3. The van der Waals surface area contributed by atoms with E-state index in [9.17, 15) is 4.79 Å². The van der Waals surface area contributed by atoms with Crippen LogP contribution >= 0.6 is 11.3 Å². The number of thiophene rings is 1. The van der Waals surface area contributed by atoms with E-state index in [1.54, 1.807) is 11.3 Å². The lowest BCUT2D eigenvalue weighted by molar-refractivity contribution is -0.130. The fourth-order valence-electron chi connectivity index (χ4n) is 3.28. The maximum Gasteiger partial charge on any atom is 0.222 e. The fourth-order valence-corrected chi connectivity index (χ4v) is 3.99. The molecular weight excluding hydrogens is 230 g/mol. The molecule has 2 fully saturated rings. The Labute approximate surface area is 107 Å². The molecule has 2 aliphatic rings. The average Bonchev–Trinajstić information content (AvgIpc) is 3.01. The van der Waals surface area contributed by atoms with E-state index in [1.807, 2.05) is 0 Å². The van der Waals surface area contributed by atoms with Crippen molar-refractivity contribution in [1.29, 1.82) is 0 Å². The van der Waals surface area contributed by atoms with Crippen LogP contribution in [0.5, 0.6) is 0 Å². The molecule has 0 bridgehead atoms. The number of nitrogens with zero attached hydrogens (tertiary/aromatic N) is 1. The van der Waals surface area contributed by atoms with Crippen molar-refractivity contribution in [2.45, 2.75) is 32.1 Å². The van der Waals surface area contributed by atoms with Crippen LogP contribution in [0.3, 0.4) is 0 Å². The fraction of sp³-hybridized carbons (Fsp3) is 0.643. The zero-order chi connectivity index (χ0) is 11.7. The summed E-state index contributed by atoms with van der Waals surface area (Å²) < 4.78 is 0. The molecule has 92 valence electrons. The number of amides is 1. The second-order valence-corrected chi connectivity index (χ2v) is 6.36. The van der Waals surface area contributed by atoms with Gasteiger partial charge in [0.05, 0.1) is 0 Å². The third-order valence-electron chi connectivity index (χ3n) is 4.24. The summed E-state index contributed by atoms with van der Waals surface area (Å²) in [5.74, 6) is 2.01. The Morgan fingerprint density at radius 1 is 1.35 bits per heavy atom. The Bertz CT molecular complexity index is 375. The summed E-state index contributed by atoms with van der Waals surface area (Å²) in [5.41, 5.74) is 0. The summed E-state index contributed by atoms with van der Waals surface area (Å²) in [4.78, 5) is 15.5. The van der Waals surface area contributed by atoms with Gasteiger partial charge in [-0.2, -0.15) is 0 Å². The maximum atomic E-state index is 12.1. The highest BCUT2D eigenvalue weighted by atomic mass is 32.1. The van der Waals surface area contributed by atoms with Crippen molar-refractivity contribution in [3.05, 3.63) is 22.4 Å². The zero-order valence-electron chi connectivity index (χ0n) is 10.1. The first-order chi connectivity index (χ1) is 8.33. The molecule has 17 heavy (non-hydrogen) atoms. The molecule has 3 heteroatoms. The van der Waals surface area contributed by atoms with Gasteiger partial charge in [-0.3, -0.25) is 4.79 Å². The Morgan fingerprint density at radius 2 is 2.12 bits per heavy atom. The van der Waals surface area contributed by atoms with Gasteiger partial charge >= 0.3 is 0 Å². The number of aryl methyl sites for hydroxylation is 1. The van der Waals surface area contributed by atoms with Gasteiger partial charge in [-0.15, -0.1) is 11.3 Å². The molecule has 0 aromatic carbocycles. The molecule has 0 radical (unpaired) electrons. The smallest absolute Gasteiger partial charge is 0.222 e. The highest BCUT2D eigenvalue weighted by Gasteiger charge is 2.37. The van der Waals surface area contributed by atoms with Crippen molar-refractivity contribution in [1.82, 2.24) is 4.90 Å². The first-order valence-corrected chi connectivity index (χ1v) is 7.51. The summed E-state index contributed by atoms with van der Waals surface area (Å²) in [7, 11) is 0. The molecule has 1 aliphatic heterocycles. The zero-order valence-corrected chi connectivity index (χ0v) is 10.9. The molecule has 2 unspecified atom stereocenters. The highest BCUT2D eigenvalue weighted by Crippen LogP contribution is 2.37. The highest BCUT2D eigenvalue weighted by molar-refractivity contribution is 7.09. The van der Waals surface area contributed by atoms with Crippen molar-refractivity contribution in [3.63, 3.8) is 0 Å². The number of likely N-dealkylation sites (tertiary alicyclic amines) is 1. The number of fused-ring (bicyclic) bond motifs is 1. The molecule has 0 spiro atoms. The third-order valence-corrected chi connectivity index (χ3v) is 5.18. The minimum atomic E-state index is 0.368. The van der Waals surface area contributed by atoms with Crippen LogP contribution in [0.2, 0.25) is 0 Å². The molecule has 0 N–H and O–H groups in total. The molecule has 3 rings (SSSR count). The number of carbonyl (C=O) groups excluding carboxylic acids is 1. The van der Waals surface area contributed by atoms with Gasteiger partial charge < -0.3 is 4.90 Å². The van der Waals surface area contributed by atoms with Crippen LogP contribution in [0.25, 0.3) is 0 Å². The Morgan fingerprint density at radius 3 is 2.76 bits per heavy atom. The molecule has 2 atom stereocenters. The van der Waals surface area contributed by atoms with Gasteiger partial charge in [0.2, 0.25) is 5.91 Å². The molecule has 1 aromatic heterocycles. The summed E-state index contributed by atoms with van der Waals surface area (Å²) >= 11 is 1.75. The lowest BCUT2D eigenvalue weighted by Crippen LogP contribution is -2.29. The number of carbonyl (C=O) groups is 1.